The van der Waals surface area contributed by atoms with Gasteiger partial charge in [-0.25, -0.2) is 0 Å². The van der Waals surface area contributed by atoms with Crippen molar-refractivity contribution < 1.29 is 23.4 Å². The molecule has 0 heterocycles. The summed E-state index contributed by atoms with van der Waals surface area (Å²) in [5.41, 5.74) is 0.519. The van der Waals surface area contributed by atoms with Crippen LogP contribution in [0.1, 0.15) is 24.8 Å². The number of alkyl halides is 3. The molecule has 0 bridgehead atoms. The van der Waals surface area contributed by atoms with Crippen molar-refractivity contribution in [3.05, 3.63) is 23.8 Å². The molecule has 3 N–H and O–H groups in total. The molecule has 18 heavy (non-hydrogen) atoms. The van der Waals surface area contributed by atoms with Gasteiger partial charge < -0.3 is 15.5 Å². The smallest absolute Gasteiger partial charge is 0.389 e. The van der Waals surface area contributed by atoms with Crippen LogP contribution in [-0.2, 0) is 6.54 Å². The van der Waals surface area contributed by atoms with E-state index in [-0.39, 0.29) is 17.9 Å². The maximum atomic E-state index is 11.8. The lowest BCUT2D eigenvalue weighted by Gasteiger charge is -2.08. The van der Waals surface area contributed by atoms with Gasteiger partial charge in [0.25, 0.3) is 0 Å². The lowest BCUT2D eigenvalue weighted by atomic mass is 10.2. The van der Waals surface area contributed by atoms with Crippen LogP contribution in [0.15, 0.2) is 18.2 Å². The molecule has 1 rings (SSSR count). The summed E-state index contributed by atoms with van der Waals surface area (Å²) in [7, 11) is 0. The number of phenols is 2. The van der Waals surface area contributed by atoms with Crippen molar-refractivity contribution in [2.24, 2.45) is 0 Å². The first-order valence-corrected chi connectivity index (χ1v) is 5.67. The highest BCUT2D eigenvalue weighted by atomic mass is 19.4. The maximum Gasteiger partial charge on any atom is 0.389 e. The first-order chi connectivity index (χ1) is 8.40. The third kappa shape index (κ3) is 5.27. The Balaban J connectivity index is 2.20. The van der Waals surface area contributed by atoms with Crippen LogP contribution in [0.2, 0.25) is 0 Å². The second kappa shape index (κ2) is 6.49. The van der Waals surface area contributed by atoms with Crippen molar-refractivity contribution in [1.82, 2.24) is 5.32 Å². The Kier molecular flexibility index (Phi) is 5.27. The minimum Gasteiger partial charge on any atom is -0.504 e. The fraction of sp³-hybridized carbons (Fsp3) is 0.500. The Morgan fingerprint density at radius 3 is 2.50 bits per heavy atom. The number of halogens is 3. The van der Waals surface area contributed by atoms with E-state index in [2.05, 4.69) is 5.32 Å². The van der Waals surface area contributed by atoms with Crippen LogP contribution in [0.25, 0.3) is 0 Å². The van der Waals surface area contributed by atoms with Gasteiger partial charge in [0.2, 0.25) is 0 Å². The molecule has 0 fully saturated rings. The monoisotopic (exact) mass is 263 g/mol. The van der Waals surface area contributed by atoms with Crippen molar-refractivity contribution in [2.75, 3.05) is 6.54 Å². The molecule has 0 aliphatic carbocycles. The van der Waals surface area contributed by atoms with E-state index in [9.17, 15) is 23.4 Å². The van der Waals surface area contributed by atoms with Crippen LogP contribution in [-0.4, -0.2) is 22.9 Å². The number of unbranched alkanes of at least 4 members (excludes halogenated alkanes) is 1. The summed E-state index contributed by atoms with van der Waals surface area (Å²) >= 11 is 0. The summed E-state index contributed by atoms with van der Waals surface area (Å²) in [5, 5.41) is 21.6. The van der Waals surface area contributed by atoms with Gasteiger partial charge in [-0.15, -0.1) is 0 Å². The molecule has 0 aliphatic rings. The van der Waals surface area contributed by atoms with Crippen LogP contribution in [0.3, 0.4) is 0 Å². The van der Waals surface area contributed by atoms with E-state index in [0.29, 0.717) is 25.1 Å². The molecular formula is C12H16F3NO2. The molecule has 102 valence electrons. The third-order valence-electron chi connectivity index (χ3n) is 2.48. The number of hydrogen-bond acceptors (Lipinski definition) is 3. The SMILES string of the molecule is Oc1cccc(CNCCCCC(F)(F)F)c1O. The van der Waals surface area contributed by atoms with Crippen molar-refractivity contribution in [2.45, 2.75) is 32.0 Å². The van der Waals surface area contributed by atoms with E-state index >= 15 is 0 Å². The fourth-order valence-corrected chi connectivity index (χ4v) is 1.52. The summed E-state index contributed by atoms with van der Waals surface area (Å²) in [4.78, 5) is 0. The standard InChI is InChI=1S/C12H16F3NO2/c13-12(14,15)6-1-2-7-16-8-9-4-3-5-10(17)11(9)18/h3-5,16-18H,1-2,6-8H2. The summed E-state index contributed by atoms with van der Waals surface area (Å²) in [6.45, 7) is 0.747. The Morgan fingerprint density at radius 2 is 1.83 bits per heavy atom. The molecule has 0 aromatic heterocycles. The zero-order valence-corrected chi connectivity index (χ0v) is 9.80. The molecule has 0 spiro atoms. The molecule has 0 saturated heterocycles. The van der Waals surface area contributed by atoms with Crippen molar-refractivity contribution in [3.8, 4) is 11.5 Å². The summed E-state index contributed by atoms with van der Waals surface area (Å²) in [6.07, 6.45) is -4.36. The van der Waals surface area contributed by atoms with Crippen LogP contribution in [0.4, 0.5) is 13.2 Å². The Bertz CT molecular complexity index is 380. The zero-order chi connectivity index (χ0) is 13.6. The van der Waals surface area contributed by atoms with E-state index in [1.807, 2.05) is 0 Å². The molecule has 0 saturated carbocycles. The summed E-state index contributed by atoms with van der Waals surface area (Å²) < 4.78 is 35.5. The average molecular weight is 263 g/mol. The van der Waals surface area contributed by atoms with Crippen LogP contribution in [0, 0.1) is 0 Å². The first-order valence-electron chi connectivity index (χ1n) is 5.67. The van der Waals surface area contributed by atoms with Crippen molar-refractivity contribution in [3.63, 3.8) is 0 Å². The van der Waals surface area contributed by atoms with Crippen LogP contribution < -0.4 is 5.32 Å². The summed E-state index contributed by atoms with van der Waals surface area (Å²) in [5.74, 6) is -0.397. The molecule has 0 amide bonds. The first kappa shape index (κ1) is 14.6. The van der Waals surface area contributed by atoms with E-state index < -0.39 is 12.6 Å². The average Bonchev–Trinajstić information content (AvgIpc) is 2.27. The fourth-order valence-electron chi connectivity index (χ4n) is 1.52. The normalized spacial score (nSPS) is 11.7. The van der Waals surface area contributed by atoms with Crippen molar-refractivity contribution >= 4 is 0 Å². The van der Waals surface area contributed by atoms with Crippen LogP contribution >= 0.6 is 0 Å². The third-order valence-corrected chi connectivity index (χ3v) is 2.48. The molecule has 1 aromatic rings. The van der Waals surface area contributed by atoms with Gasteiger partial charge in [0.15, 0.2) is 11.5 Å². The maximum absolute atomic E-state index is 11.8. The highest BCUT2D eigenvalue weighted by Gasteiger charge is 2.25. The van der Waals surface area contributed by atoms with E-state index in [1.165, 1.54) is 6.07 Å². The number of phenolic OH excluding ortho intramolecular Hbond substituents is 2. The van der Waals surface area contributed by atoms with Gasteiger partial charge in [0.05, 0.1) is 0 Å². The van der Waals surface area contributed by atoms with Gasteiger partial charge >= 0.3 is 6.18 Å². The van der Waals surface area contributed by atoms with E-state index in [4.69, 9.17) is 0 Å². The Hall–Kier alpha value is -1.43. The second-order valence-corrected chi connectivity index (χ2v) is 4.03. The number of rotatable bonds is 6. The van der Waals surface area contributed by atoms with Gasteiger partial charge in [-0.3, -0.25) is 0 Å². The van der Waals surface area contributed by atoms with Gasteiger partial charge in [-0.05, 0) is 25.5 Å². The highest BCUT2D eigenvalue weighted by molar-refractivity contribution is 5.44. The Morgan fingerprint density at radius 1 is 1.11 bits per heavy atom. The number of benzene rings is 1. The Labute approximate surface area is 103 Å². The van der Waals surface area contributed by atoms with Crippen LogP contribution in [0.5, 0.6) is 11.5 Å². The number of para-hydroxylation sites is 1. The van der Waals surface area contributed by atoms with Gasteiger partial charge in [0, 0.05) is 18.5 Å². The highest BCUT2D eigenvalue weighted by Crippen LogP contribution is 2.27. The minimum atomic E-state index is -4.09. The molecule has 1 aromatic carbocycles. The number of hydrogen-bond donors (Lipinski definition) is 3. The molecular weight excluding hydrogens is 247 g/mol. The van der Waals surface area contributed by atoms with Crippen molar-refractivity contribution in [1.29, 1.82) is 0 Å². The lowest BCUT2D eigenvalue weighted by molar-refractivity contribution is -0.135. The predicted octanol–water partition coefficient (Wildman–Crippen LogP) is 2.92. The largest absolute Gasteiger partial charge is 0.504 e. The molecule has 0 aliphatic heterocycles. The predicted molar refractivity (Wildman–Crippen MR) is 61.4 cm³/mol. The van der Waals surface area contributed by atoms with Gasteiger partial charge in [0.1, 0.15) is 0 Å². The molecule has 0 unspecified atom stereocenters. The molecule has 0 atom stereocenters. The van der Waals surface area contributed by atoms with E-state index in [0.717, 1.165) is 0 Å². The topological polar surface area (TPSA) is 52.5 Å². The lowest BCUT2D eigenvalue weighted by Crippen LogP contribution is -2.16. The minimum absolute atomic E-state index is 0.0858. The molecule has 0 radical (unpaired) electrons. The molecule has 6 heteroatoms. The van der Waals surface area contributed by atoms with Gasteiger partial charge in [-0.2, -0.15) is 13.2 Å². The zero-order valence-electron chi connectivity index (χ0n) is 9.80. The number of nitrogens with one attached hydrogen (secondary N) is 1. The number of aromatic hydroxyl groups is 2. The van der Waals surface area contributed by atoms with Gasteiger partial charge in [-0.1, -0.05) is 12.1 Å². The summed E-state index contributed by atoms with van der Waals surface area (Å²) in [6, 6.07) is 4.59. The second-order valence-electron chi connectivity index (χ2n) is 4.03. The molecule has 3 nitrogen and oxygen atoms in total. The van der Waals surface area contributed by atoms with E-state index in [1.54, 1.807) is 12.1 Å². The quantitative estimate of drug-likeness (QED) is 0.546.